The van der Waals surface area contributed by atoms with Crippen LogP contribution >= 0.6 is 0 Å². The summed E-state index contributed by atoms with van der Waals surface area (Å²) in [6.07, 6.45) is 2.69. The Balaban J connectivity index is 1.88. The number of nitro groups is 1. The van der Waals surface area contributed by atoms with Crippen LogP contribution in [0, 0.1) is 22.9 Å². The molecule has 0 aromatic heterocycles. The van der Waals surface area contributed by atoms with E-state index in [0.29, 0.717) is 0 Å². The number of rotatable bonds is 6. The molecule has 0 unspecified atom stereocenters. The van der Waals surface area contributed by atoms with Crippen LogP contribution in [0.2, 0.25) is 0 Å². The molecule has 0 saturated carbocycles. The summed E-state index contributed by atoms with van der Waals surface area (Å²) in [5.74, 6) is -2.41. The van der Waals surface area contributed by atoms with Crippen molar-refractivity contribution in [1.82, 2.24) is 0 Å². The fourth-order valence-electron chi connectivity index (χ4n) is 1.94. The van der Waals surface area contributed by atoms with Crippen molar-refractivity contribution in [2.45, 2.75) is 6.92 Å². The summed E-state index contributed by atoms with van der Waals surface area (Å²) in [5, 5.41) is 12.8. The number of nitrogens with one attached hydrogen (secondary N) is 1. The van der Waals surface area contributed by atoms with Crippen molar-refractivity contribution in [3.05, 3.63) is 75.6 Å². The van der Waals surface area contributed by atoms with Gasteiger partial charge in [0.1, 0.15) is 5.82 Å². The number of hydrogen-bond acceptors (Lipinski definition) is 5. The van der Waals surface area contributed by atoms with Gasteiger partial charge >= 0.3 is 5.97 Å². The number of esters is 1. The maximum absolute atomic E-state index is 13.6. The third-order valence-corrected chi connectivity index (χ3v) is 3.27. The van der Waals surface area contributed by atoms with Crippen molar-refractivity contribution in [2.24, 2.45) is 0 Å². The third kappa shape index (κ3) is 5.52. The predicted molar refractivity (Wildman–Crippen MR) is 92.9 cm³/mol. The molecule has 0 radical (unpaired) electrons. The van der Waals surface area contributed by atoms with Crippen molar-refractivity contribution < 1.29 is 23.6 Å². The monoisotopic (exact) mass is 358 g/mol. The molecule has 0 heterocycles. The Bertz CT molecular complexity index is 862. The van der Waals surface area contributed by atoms with Crippen molar-refractivity contribution in [3.8, 4) is 0 Å². The first-order valence-corrected chi connectivity index (χ1v) is 7.50. The van der Waals surface area contributed by atoms with Crippen LogP contribution in [0.15, 0.2) is 48.5 Å². The largest absolute Gasteiger partial charge is 0.452 e. The summed E-state index contributed by atoms with van der Waals surface area (Å²) in [4.78, 5) is 33.3. The highest BCUT2D eigenvalue weighted by Gasteiger charge is 2.13. The van der Waals surface area contributed by atoms with Crippen LogP contribution in [0.25, 0.3) is 6.08 Å². The lowest BCUT2D eigenvalue weighted by Gasteiger charge is -2.06. The lowest BCUT2D eigenvalue weighted by Crippen LogP contribution is -2.20. The number of nitrogens with zero attached hydrogens (tertiary/aromatic N) is 1. The molecule has 0 spiro atoms. The second-order valence-corrected chi connectivity index (χ2v) is 5.32. The molecule has 2 rings (SSSR count). The summed E-state index contributed by atoms with van der Waals surface area (Å²) in [6.45, 7) is 1.28. The summed E-state index contributed by atoms with van der Waals surface area (Å²) >= 11 is 0. The number of anilines is 1. The maximum Gasteiger partial charge on any atom is 0.331 e. The molecule has 0 aliphatic heterocycles. The summed E-state index contributed by atoms with van der Waals surface area (Å²) in [6, 6.07) is 10.1. The molecule has 7 nitrogen and oxygen atoms in total. The van der Waals surface area contributed by atoms with Crippen LogP contribution in [-0.4, -0.2) is 23.4 Å². The van der Waals surface area contributed by atoms with Gasteiger partial charge in [0, 0.05) is 18.2 Å². The molecule has 1 N–H and O–H groups in total. The highest BCUT2D eigenvalue weighted by molar-refractivity contribution is 5.94. The molecule has 0 fully saturated rings. The van der Waals surface area contributed by atoms with Crippen LogP contribution in [0.1, 0.15) is 11.1 Å². The normalized spacial score (nSPS) is 10.5. The zero-order chi connectivity index (χ0) is 19.1. The van der Waals surface area contributed by atoms with Gasteiger partial charge in [-0.25, -0.2) is 9.18 Å². The molecule has 2 aromatic rings. The van der Waals surface area contributed by atoms with Gasteiger partial charge in [-0.15, -0.1) is 0 Å². The molecular formula is C18H15FN2O5. The quantitative estimate of drug-likeness (QED) is 0.370. The molecule has 0 bridgehead atoms. The van der Waals surface area contributed by atoms with Crippen molar-refractivity contribution in [1.29, 1.82) is 0 Å². The molecule has 0 aliphatic carbocycles. The molecule has 1 amide bonds. The summed E-state index contributed by atoms with van der Waals surface area (Å²) < 4.78 is 18.3. The maximum atomic E-state index is 13.6. The number of halogens is 1. The van der Waals surface area contributed by atoms with E-state index in [4.69, 9.17) is 4.74 Å². The van der Waals surface area contributed by atoms with Crippen LogP contribution < -0.4 is 5.32 Å². The van der Waals surface area contributed by atoms with Crippen LogP contribution in [0.4, 0.5) is 15.8 Å². The number of carbonyl (C=O) groups is 2. The average molecular weight is 358 g/mol. The fraction of sp³-hybridized carbons (Fsp3) is 0.111. The average Bonchev–Trinajstić information content (AvgIpc) is 2.61. The number of hydrogen-bond donors (Lipinski definition) is 1. The van der Waals surface area contributed by atoms with E-state index in [-0.39, 0.29) is 11.4 Å². The molecule has 0 atom stereocenters. The third-order valence-electron chi connectivity index (χ3n) is 3.27. The van der Waals surface area contributed by atoms with E-state index in [0.717, 1.165) is 35.4 Å². The number of nitro benzene ring substituents is 1. The highest BCUT2D eigenvalue weighted by Crippen LogP contribution is 2.21. The molecule has 0 aliphatic rings. The Morgan fingerprint density at radius 3 is 2.58 bits per heavy atom. The SMILES string of the molecule is Cc1ccc(/C=C/C(=O)OCC(=O)Nc2cc([N+](=O)[O-])ccc2F)cc1. The van der Waals surface area contributed by atoms with Gasteiger partial charge in [-0.2, -0.15) is 0 Å². The van der Waals surface area contributed by atoms with Crippen molar-refractivity contribution in [2.75, 3.05) is 11.9 Å². The second-order valence-electron chi connectivity index (χ2n) is 5.32. The topological polar surface area (TPSA) is 98.5 Å². The standard InChI is InChI=1S/C18H15FN2O5/c1-12-2-4-13(5-3-12)6-9-18(23)26-11-17(22)20-16-10-14(21(24)25)7-8-15(16)19/h2-10H,11H2,1H3,(H,20,22)/b9-6+. The first kappa shape index (κ1) is 18.8. The Morgan fingerprint density at radius 1 is 1.23 bits per heavy atom. The van der Waals surface area contributed by atoms with E-state index in [2.05, 4.69) is 5.32 Å². The first-order valence-electron chi connectivity index (χ1n) is 7.50. The number of carbonyl (C=O) groups excluding carboxylic acids is 2. The van der Waals surface area contributed by atoms with Gasteiger partial charge in [0.2, 0.25) is 0 Å². The molecule has 134 valence electrons. The van der Waals surface area contributed by atoms with Gasteiger partial charge in [0.05, 0.1) is 10.6 Å². The minimum absolute atomic E-state index is 0.365. The number of non-ortho nitro benzene ring substituents is 1. The molecule has 26 heavy (non-hydrogen) atoms. The Morgan fingerprint density at radius 2 is 1.92 bits per heavy atom. The molecular weight excluding hydrogens is 343 g/mol. The summed E-state index contributed by atoms with van der Waals surface area (Å²) in [7, 11) is 0. The van der Waals surface area contributed by atoms with Gasteiger partial charge in [0.15, 0.2) is 6.61 Å². The molecule has 0 saturated heterocycles. The minimum atomic E-state index is -0.838. The zero-order valence-corrected chi connectivity index (χ0v) is 13.8. The predicted octanol–water partition coefficient (Wildman–Crippen LogP) is 3.24. The smallest absolute Gasteiger partial charge is 0.331 e. The van der Waals surface area contributed by atoms with Crippen LogP contribution in [-0.2, 0) is 14.3 Å². The van der Waals surface area contributed by atoms with E-state index in [1.807, 2.05) is 31.2 Å². The van der Waals surface area contributed by atoms with Gasteiger partial charge in [-0.05, 0) is 24.6 Å². The van der Waals surface area contributed by atoms with E-state index >= 15 is 0 Å². The number of aryl methyl sites for hydroxylation is 1. The molecule has 2 aromatic carbocycles. The summed E-state index contributed by atoms with van der Waals surface area (Å²) in [5.41, 5.74) is 1.13. The van der Waals surface area contributed by atoms with E-state index in [9.17, 15) is 24.1 Å². The Hall–Kier alpha value is -3.55. The number of amides is 1. The highest BCUT2D eigenvalue weighted by atomic mass is 19.1. The van der Waals surface area contributed by atoms with E-state index in [1.54, 1.807) is 0 Å². The van der Waals surface area contributed by atoms with Crippen LogP contribution in [0.5, 0.6) is 0 Å². The van der Waals surface area contributed by atoms with Crippen molar-refractivity contribution in [3.63, 3.8) is 0 Å². The Labute approximate surface area is 148 Å². The van der Waals surface area contributed by atoms with Gasteiger partial charge in [-0.1, -0.05) is 29.8 Å². The number of ether oxygens (including phenoxy) is 1. The second kappa shape index (κ2) is 8.52. The lowest BCUT2D eigenvalue weighted by atomic mass is 10.1. The Kier molecular flexibility index (Phi) is 6.15. The fourth-order valence-corrected chi connectivity index (χ4v) is 1.94. The van der Waals surface area contributed by atoms with Crippen molar-refractivity contribution >= 4 is 29.3 Å². The first-order chi connectivity index (χ1) is 12.3. The van der Waals surface area contributed by atoms with Gasteiger partial charge in [0.25, 0.3) is 11.6 Å². The lowest BCUT2D eigenvalue weighted by molar-refractivity contribution is -0.384. The van der Waals surface area contributed by atoms with Gasteiger partial charge in [-0.3, -0.25) is 14.9 Å². The van der Waals surface area contributed by atoms with E-state index < -0.39 is 29.2 Å². The van der Waals surface area contributed by atoms with Gasteiger partial charge < -0.3 is 10.1 Å². The van der Waals surface area contributed by atoms with E-state index in [1.165, 1.54) is 6.08 Å². The van der Waals surface area contributed by atoms with Crippen LogP contribution in [0.3, 0.4) is 0 Å². The number of benzene rings is 2. The zero-order valence-electron chi connectivity index (χ0n) is 13.8. The molecule has 8 heteroatoms. The minimum Gasteiger partial charge on any atom is -0.452 e.